The smallest absolute Gasteiger partial charge is 0.270 e. The summed E-state index contributed by atoms with van der Waals surface area (Å²) in [4.78, 5) is 12.8. The first-order chi connectivity index (χ1) is 12.1. The lowest BCUT2D eigenvalue weighted by atomic mass is 10.1. The summed E-state index contributed by atoms with van der Waals surface area (Å²) in [5, 5.41) is 9.18. The van der Waals surface area contributed by atoms with Crippen molar-refractivity contribution >= 4 is 43.3 Å². The number of aromatic nitrogens is 2. The fraction of sp³-hybridized carbons (Fsp3) is 0.0556. The second kappa shape index (κ2) is 6.42. The van der Waals surface area contributed by atoms with E-state index in [0.717, 1.165) is 36.3 Å². The van der Waals surface area contributed by atoms with Crippen LogP contribution in [0, 0.1) is 0 Å². The molecule has 0 radical (unpaired) electrons. The van der Waals surface area contributed by atoms with Crippen LogP contribution >= 0.6 is 27.3 Å². The van der Waals surface area contributed by atoms with Crippen molar-refractivity contribution in [3.8, 4) is 10.4 Å². The molecule has 0 bridgehead atoms. The summed E-state index contributed by atoms with van der Waals surface area (Å²) in [6, 6.07) is 11.9. The van der Waals surface area contributed by atoms with Gasteiger partial charge in [-0.15, -0.1) is 16.4 Å². The van der Waals surface area contributed by atoms with Gasteiger partial charge < -0.3 is 10.2 Å². The Labute approximate surface area is 155 Å². The van der Waals surface area contributed by atoms with Gasteiger partial charge in [0.1, 0.15) is 0 Å². The highest BCUT2D eigenvalue weighted by molar-refractivity contribution is 9.10. The molecule has 2 N–H and O–H groups in total. The largest absolute Gasteiger partial charge is 0.472 e. The molecule has 25 heavy (non-hydrogen) atoms. The third-order valence-electron chi connectivity index (χ3n) is 3.84. The Morgan fingerprint density at radius 1 is 1.20 bits per heavy atom. The summed E-state index contributed by atoms with van der Waals surface area (Å²) in [7, 11) is 0. The van der Waals surface area contributed by atoms with Gasteiger partial charge in [-0.2, -0.15) is 5.10 Å². The maximum absolute atomic E-state index is 11.7. The Balaban J connectivity index is 1.88. The highest BCUT2D eigenvalue weighted by Crippen LogP contribution is 2.36. The molecular weight excluding hydrogens is 402 g/mol. The predicted molar refractivity (Wildman–Crippen MR) is 101 cm³/mol. The Hall–Kier alpha value is -2.51. The third kappa shape index (κ3) is 3.08. The molecule has 1 amide bonds. The molecule has 4 aromatic rings. The molecule has 0 unspecified atom stereocenters. The molecule has 3 aromatic heterocycles. The Morgan fingerprint density at radius 2 is 2.00 bits per heavy atom. The molecule has 0 aliphatic heterocycles. The topological polar surface area (TPSA) is 82.0 Å². The number of fused-ring (bicyclic) bond motifs is 1. The Bertz CT molecular complexity index is 1060. The van der Waals surface area contributed by atoms with Gasteiger partial charge >= 0.3 is 0 Å². The average molecular weight is 414 g/mol. The van der Waals surface area contributed by atoms with Gasteiger partial charge in [0.05, 0.1) is 22.9 Å². The molecule has 0 aliphatic carbocycles. The minimum atomic E-state index is -0.573. The number of hydrogen-bond donors (Lipinski definition) is 1. The monoisotopic (exact) mass is 413 g/mol. The van der Waals surface area contributed by atoms with E-state index in [2.05, 4.69) is 26.1 Å². The summed E-state index contributed by atoms with van der Waals surface area (Å²) in [6.07, 6.45) is 3.88. The first-order valence-electron chi connectivity index (χ1n) is 7.48. The lowest BCUT2D eigenvalue weighted by Crippen LogP contribution is -2.14. The number of carbonyl (C=O) groups is 1. The molecule has 4 rings (SSSR count). The molecule has 0 saturated heterocycles. The standard InChI is InChI=1S/C18H12BrN3O2S/c19-12-3-1-11(2-4-12)15-8-13-14(7-10-5-6-24-9-10)21-22-16(18(20)23)17(13)25-15/h1-6,8-9H,7H2,(H2,20,23). The number of thiophene rings is 1. The van der Waals surface area contributed by atoms with Crippen LogP contribution in [0.4, 0.5) is 0 Å². The number of carbonyl (C=O) groups excluding carboxylic acids is 1. The third-order valence-corrected chi connectivity index (χ3v) is 5.56. The molecule has 5 nitrogen and oxygen atoms in total. The average Bonchev–Trinajstić information content (AvgIpc) is 3.25. The predicted octanol–water partition coefficient (Wildman–Crippen LogP) is 4.40. The van der Waals surface area contributed by atoms with E-state index < -0.39 is 5.91 Å². The van der Waals surface area contributed by atoms with Crippen LogP contribution in [-0.2, 0) is 6.42 Å². The number of primary amides is 1. The summed E-state index contributed by atoms with van der Waals surface area (Å²) in [5.41, 5.74) is 8.54. The van der Waals surface area contributed by atoms with Gasteiger partial charge in [-0.25, -0.2) is 0 Å². The lowest BCUT2D eigenvalue weighted by Gasteiger charge is -2.02. The highest BCUT2D eigenvalue weighted by Gasteiger charge is 2.18. The lowest BCUT2D eigenvalue weighted by molar-refractivity contribution is 0.0996. The van der Waals surface area contributed by atoms with E-state index >= 15 is 0 Å². The first-order valence-corrected chi connectivity index (χ1v) is 9.08. The van der Waals surface area contributed by atoms with Crippen LogP contribution < -0.4 is 5.73 Å². The minimum absolute atomic E-state index is 0.208. The minimum Gasteiger partial charge on any atom is -0.472 e. The van der Waals surface area contributed by atoms with Crippen molar-refractivity contribution in [3.05, 3.63) is 70.3 Å². The number of halogens is 1. The normalized spacial score (nSPS) is 11.1. The number of hydrogen-bond acceptors (Lipinski definition) is 5. The van der Waals surface area contributed by atoms with E-state index in [-0.39, 0.29) is 5.69 Å². The van der Waals surface area contributed by atoms with E-state index in [0.29, 0.717) is 6.42 Å². The van der Waals surface area contributed by atoms with E-state index in [9.17, 15) is 4.79 Å². The fourth-order valence-corrected chi connectivity index (χ4v) is 4.07. The van der Waals surface area contributed by atoms with Gasteiger partial charge in [0.25, 0.3) is 5.91 Å². The van der Waals surface area contributed by atoms with Crippen molar-refractivity contribution < 1.29 is 9.21 Å². The molecular formula is C18H12BrN3O2S. The zero-order chi connectivity index (χ0) is 17.4. The number of furan rings is 1. The molecule has 124 valence electrons. The fourth-order valence-electron chi connectivity index (χ4n) is 2.63. The number of nitrogens with two attached hydrogens (primary N) is 1. The molecule has 0 aliphatic rings. The molecule has 7 heteroatoms. The number of rotatable bonds is 4. The quantitative estimate of drug-likeness (QED) is 0.537. The number of amides is 1. The highest BCUT2D eigenvalue weighted by atomic mass is 79.9. The molecule has 1 aromatic carbocycles. The summed E-state index contributed by atoms with van der Waals surface area (Å²) >= 11 is 4.94. The first kappa shape index (κ1) is 16.0. The van der Waals surface area contributed by atoms with Gasteiger partial charge in [-0.1, -0.05) is 28.1 Å². The SMILES string of the molecule is NC(=O)c1nnc(Cc2ccoc2)c2cc(-c3ccc(Br)cc3)sc12. The van der Waals surface area contributed by atoms with Crippen LogP contribution in [0.5, 0.6) is 0 Å². The summed E-state index contributed by atoms with van der Waals surface area (Å²) in [6.45, 7) is 0. The van der Waals surface area contributed by atoms with Gasteiger partial charge in [0.15, 0.2) is 5.69 Å². The van der Waals surface area contributed by atoms with E-state index in [1.54, 1.807) is 12.5 Å². The van der Waals surface area contributed by atoms with Crippen LogP contribution in [0.25, 0.3) is 20.5 Å². The molecule has 3 heterocycles. The van der Waals surface area contributed by atoms with Crippen LogP contribution in [0.2, 0.25) is 0 Å². The second-order valence-corrected chi connectivity index (χ2v) is 7.50. The molecule has 0 atom stereocenters. The zero-order valence-corrected chi connectivity index (χ0v) is 15.3. The van der Waals surface area contributed by atoms with Crippen molar-refractivity contribution in [1.29, 1.82) is 0 Å². The van der Waals surface area contributed by atoms with Crippen LogP contribution in [0.3, 0.4) is 0 Å². The molecule has 0 spiro atoms. The van der Waals surface area contributed by atoms with Gasteiger partial charge in [0, 0.05) is 21.2 Å². The van der Waals surface area contributed by atoms with E-state index in [4.69, 9.17) is 10.2 Å². The van der Waals surface area contributed by atoms with Crippen LogP contribution in [0.1, 0.15) is 21.7 Å². The second-order valence-electron chi connectivity index (χ2n) is 5.53. The molecule has 0 fully saturated rings. The summed E-state index contributed by atoms with van der Waals surface area (Å²) in [5.74, 6) is -0.573. The molecule has 0 saturated carbocycles. The maximum Gasteiger partial charge on any atom is 0.270 e. The van der Waals surface area contributed by atoms with Crippen molar-refractivity contribution in [2.24, 2.45) is 5.73 Å². The van der Waals surface area contributed by atoms with Crippen molar-refractivity contribution in [3.63, 3.8) is 0 Å². The van der Waals surface area contributed by atoms with Crippen LogP contribution in [0.15, 0.2) is 57.8 Å². The number of benzene rings is 1. The van der Waals surface area contributed by atoms with Crippen molar-refractivity contribution in [2.75, 3.05) is 0 Å². The van der Waals surface area contributed by atoms with E-state index in [1.807, 2.05) is 36.4 Å². The van der Waals surface area contributed by atoms with Crippen LogP contribution in [-0.4, -0.2) is 16.1 Å². The van der Waals surface area contributed by atoms with Crippen molar-refractivity contribution in [1.82, 2.24) is 10.2 Å². The Kier molecular flexibility index (Phi) is 4.10. The van der Waals surface area contributed by atoms with Gasteiger partial charge in [-0.05, 0) is 35.4 Å². The van der Waals surface area contributed by atoms with Gasteiger partial charge in [0.2, 0.25) is 0 Å². The van der Waals surface area contributed by atoms with E-state index in [1.165, 1.54) is 11.3 Å². The van der Waals surface area contributed by atoms with Crippen molar-refractivity contribution in [2.45, 2.75) is 6.42 Å². The Morgan fingerprint density at radius 3 is 2.68 bits per heavy atom. The zero-order valence-electron chi connectivity index (χ0n) is 12.9. The van der Waals surface area contributed by atoms with Gasteiger partial charge in [-0.3, -0.25) is 4.79 Å². The summed E-state index contributed by atoms with van der Waals surface area (Å²) < 4.78 is 6.90. The maximum atomic E-state index is 11.7. The number of nitrogens with zero attached hydrogens (tertiary/aromatic N) is 2.